The fraction of sp³-hybridized carbons (Fsp3) is 0.733. The molecule has 0 saturated carbocycles. The zero-order valence-corrected chi connectivity index (χ0v) is 12.9. The van der Waals surface area contributed by atoms with Gasteiger partial charge in [-0.3, -0.25) is 4.79 Å². The first-order chi connectivity index (χ1) is 9.67. The molecule has 0 N–H and O–H groups in total. The monoisotopic (exact) mass is 294 g/mol. The summed E-state index contributed by atoms with van der Waals surface area (Å²) in [5.74, 6) is 0.213. The second kappa shape index (κ2) is 5.82. The Bertz CT molecular complexity index is 480. The third kappa shape index (κ3) is 3.04. The quantitative estimate of drug-likeness (QED) is 0.842. The van der Waals surface area contributed by atoms with Gasteiger partial charge >= 0.3 is 0 Å². The van der Waals surface area contributed by atoms with Crippen molar-refractivity contribution < 1.29 is 9.53 Å². The zero-order chi connectivity index (χ0) is 14.0. The molecule has 0 radical (unpaired) electrons. The lowest BCUT2D eigenvalue weighted by Gasteiger charge is -2.26. The summed E-state index contributed by atoms with van der Waals surface area (Å²) >= 11 is 1.61. The Morgan fingerprint density at radius 2 is 2.25 bits per heavy atom. The van der Waals surface area contributed by atoms with Gasteiger partial charge in [-0.05, 0) is 39.0 Å². The normalized spacial score (nSPS) is 26.9. The predicted octanol–water partition coefficient (Wildman–Crippen LogP) is 2.56. The number of hydrogen-bond donors (Lipinski definition) is 0. The molecule has 4 nitrogen and oxygen atoms in total. The third-order valence-electron chi connectivity index (χ3n) is 4.43. The topological polar surface area (TPSA) is 42.4 Å². The van der Waals surface area contributed by atoms with Gasteiger partial charge in [-0.2, -0.15) is 0 Å². The Morgan fingerprint density at radius 1 is 1.40 bits per heavy atom. The molecule has 0 unspecified atom stereocenters. The second-order valence-electron chi connectivity index (χ2n) is 5.90. The largest absolute Gasteiger partial charge is 0.375 e. The van der Waals surface area contributed by atoms with E-state index >= 15 is 0 Å². The molecule has 3 rings (SSSR count). The lowest BCUT2D eigenvalue weighted by Crippen LogP contribution is -2.35. The summed E-state index contributed by atoms with van der Waals surface area (Å²) in [6.07, 6.45) is 5.94. The van der Waals surface area contributed by atoms with Gasteiger partial charge in [0.2, 0.25) is 5.91 Å². The van der Waals surface area contributed by atoms with E-state index in [-0.39, 0.29) is 11.5 Å². The van der Waals surface area contributed by atoms with Crippen LogP contribution in [0.3, 0.4) is 0 Å². The van der Waals surface area contributed by atoms with E-state index in [1.807, 2.05) is 17.2 Å². The van der Waals surface area contributed by atoms with Crippen LogP contribution in [0.4, 0.5) is 0 Å². The van der Waals surface area contributed by atoms with Crippen molar-refractivity contribution in [1.82, 2.24) is 9.88 Å². The number of thiazole rings is 1. The van der Waals surface area contributed by atoms with Gasteiger partial charge < -0.3 is 9.64 Å². The number of aromatic nitrogens is 1. The number of hydrogen-bond acceptors (Lipinski definition) is 4. The molecule has 0 aliphatic carbocycles. The Kier molecular flexibility index (Phi) is 4.08. The second-order valence-corrected chi connectivity index (χ2v) is 6.97. The first-order valence-corrected chi connectivity index (χ1v) is 8.38. The van der Waals surface area contributed by atoms with E-state index in [2.05, 4.69) is 4.98 Å². The summed E-state index contributed by atoms with van der Waals surface area (Å²) in [6.45, 7) is 4.58. The van der Waals surface area contributed by atoms with E-state index in [1.54, 1.807) is 11.3 Å². The molecule has 0 aromatic carbocycles. The van der Waals surface area contributed by atoms with Crippen molar-refractivity contribution in [2.45, 2.75) is 51.0 Å². The van der Waals surface area contributed by atoms with Crippen LogP contribution in [-0.2, 0) is 16.0 Å². The molecular formula is C15H22N2O2S. The predicted molar refractivity (Wildman–Crippen MR) is 78.9 cm³/mol. The molecule has 2 saturated heterocycles. The van der Waals surface area contributed by atoms with Gasteiger partial charge in [-0.15, -0.1) is 11.3 Å². The molecule has 2 fully saturated rings. The molecular weight excluding hydrogens is 272 g/mol. The van der Waals surface area contributed by atoms with Crippen LogP contribution < -0.4 is 0 Å². The van der Waals surface area contributed by atoms with Crippen LogP contribution in [0.2, 0.25) is 0 Å². The van der Waals surface area contributed by atoms with Crippen LogP contribution in [0.5, 0.6) is 0 Å². The summed E-state index contributed by atoms with van der Waals surface area (Å²) in [5, 5.41) is 3.02. The van der Waals surface area contributed by atoms with Crippen LogP contribution in [-0.4, -0.2) is 41.1 Å². The molecule has 1 amide bonds. The van der Waals surface area contributed by atoms with Gasteiger partial charge in [0.1, 0.15) is 0 Å². The minimum absolute atomic E-state index is 0.0756. The standard InChI is InChI=1S/C15H22N2O2S/c1-12-16-13(11-20-12)10-14(18)17-7-2-4-15(6-8-17)5-3-9-19-15/h11H,2-10H2,1H3/t15-/m1/s1. The van der Waals surface area contributed by atoms with Crippen molar-refractivity contribution >= 4 is 17.2 Å². The maximum atomic E-state index is 12.4. The minimum Gasteiger partial charge on any atom is -0.375 e. The number of carbonyl (C=O) groups excluding carboxylic acids is 1. The minimum atomic E-state index is 0.0756. The molecule has 2 aliphatic heterocycles. The Morgan fingerprint density at radius 3 is 2.95 bits per heavy atom. The van der Waals surface area contributed by atoms with Gasteiger partial charge in [0.25, 0.3) is 0 Å². The van der Waals surface area contributed by atoms with E-state index < -0.39 is 0 Å². The molecule has 20 heavy (non-hydrogen) atoms. The van der Waals surface area contributed by atoms with Gasteiger partial charge in [-0.1, -0.05) is 0 Å². The van der Waals surface area contributed by atoms with E-state index in [0.717, 1.165) is 49.7 Å². The number of carbonyl (C=O) groups is 1. The highest BCUT2D eigenvalue weighted by Crippen LogP contribution is 2.35. The first kappa shape index (κ1) is 14.0. The smallest absolute Gasteiger partial charge is 0.228 e. The number of likely N-dealkylation sites (tertiary alicyclic amines) is 1. The molecule has 1 aromatic heterocycles. The number of rotatable bonds is 2. The summed E-state index contributed by atoms with van der Waals surface area (Å²) in [4.78, 5) is 18.8. The Hall–Kier alpha value is -0.940. The van der Waals surface area contributed by atoms with E-state index in [0.29, 0.717) is 6.42 Å². The van der Waals surface area contributed by atoms with Crippen molar-refractivity contribution in [2.24, 2.45) is 0 Å². The van der Waals surface area contributed by atoms with Crippen molar-refractivity contribution in [3.8, 4) is 0 Å². The van der Waals surface area contributed by atoms with Crippen LogP contribution in [0.25, 0.3) is 0 Å². The highest BCUT2D eigenvalue weighted by molar-refractivity contribution is 7.09. The molecule has 2 aliphatic rings. The molecule has 1 atom stereocenters. The van der Waals surface area contributed by atoms with Crippen molar-refractivity contribution in [1.29, 1.82) is 0 Å². The molecule has 0 bridgehead atoms. The molecule has 110 valence electrons. The summed E-state index contributed by atoms with van der Waals surface area (Å²) in [6, 6.07) is 0. The summed E-state index contributed by atoms with van der Waals surface area (Å²) in [7, 11) is 0. The lowest BCUT2D eigenvalue weighted by molar-refractivity contribution is -0.130. The van der Waals surface area contributed by atoms with E-state index in [4.69, 9.17) is 4.74 Å². The molecule has 1 aromatic rings. The lowest BCUT2D eigenvalue weighted by atomic mass is 9.92. The Labute approximate surface area is 124 Å². The van der Waals surface area contributed by atoms with Gasteiger partial charge in [0.15, 0.2) is 0 Å². The summed E-state index contributed by atoms with van der Waals surface area (Å²) < 4.78 is 5.96. The molecule has 1 spiro atoms. The first-order valence-electron chi connectivity index (χ1n) is 7.50. The van der Waals surface area contributed by atoms with Crippen LogP contribution >= 0.6 is 11.3 Å². The van der Waals surface area contributed by atoms with E-state index in [1.165, 1.54) is 12.8 Å². The van der Waals surface area contributed by atoms with Gasteiger partial charge in [0, 0.05) is 25.1 Å². The fourth-order valence-electron chi connectivity index (χ4n) is 3.32. The van der Waals surface area contributed by atoms with Crippen LogP contribution in [0, 0.1) is 6.92 Å². The number of ether oxygens (including phenoxy) is 1. The SMILES string of the molecule is Cc1nc(CC(=O)N2CCC[C@@]3(CCCO3)CC2)cs1. The van der Waals surface area contributed by atoms with Crippen molar-refractivity contribution in [2.75, 3.05) is 19.7 Å². The van der Waals surface area contributed by atoms with Crippen molar-refractivity contribution in [3.63, 3.8) is 0 Å². The number of aryl methyl sites for hydroxylation is 1. The molecule has 5 heteroatoms. The van der Waals surface area contributed by atoms with Crippen LogP contribution in [0.1, 0.15) is 42.8 Å². The van der Waals surface area contributed by atoms with Gasteiger partial charge in [0.05, 0.1) is 22.7 Å². The average molecular weight is 294 g/mol. The maximum absolute atomic E-state index is 12.4. The highest BCUT2D eigenvalue weighted by atomic mass is 32.1. The zero-order valence-electron chi connectivity index (χ0n) is 12.1. The van der Waals surface area contributed by atoms with E-state index in [9.17, 15) is 4.79 Å². The highest BCUT2D eigenvalue weighted by Gasteiger charge is 2.37. The summed E-state index contributed by atoms with van der Waals surface area (Å²) in [5.41, 5.74) is 0.986. The van der Waals surface area contributed by atoms with Gasteiger partial charge in [-0.25, -0.2) is 4.98 Å². The number of nitrogens with zero attached hydrogens (tertiary/aromatic N) is 2. The van der Waals surface area contributed by atoms with Crippen LogP contribution in [0.15, 0.2) is 5.38 Å². The fourth-order valence-corrected chi connectivity index (χ4v) is 3.94. The Balaban J connectivity index is 1.58. The number of amides is 1. The average Bonchev–Trinajstić information content (AvgIpc) is 2.97. The molecule has 3 heterocycles. The van der Waals surface area contributed by atoms with Crippen molar-refractivity contribution in [3.05, 3.63) is 16.1 Å². The third-order valence-corrected chi connectivity index (χ3v) is 5.26. The maximum Gasteiger partial charge on any atom is 0.228 e.